The molecule has 0 heterocycles. The normalized spacial score (nSPS) is 24.2. The van der Waals surface area contributed by atoms with Crippen molar-refractivity contribution in [1.29, 1.82) is 0 Å². The van der Waals surface area contributed by atoms with Gasteiger partial charge in [-0.1, -0.05) is 54.6 Å². The van der Waals surface area contributed by atoms with Gasteiger partial charge in [0.2, 0.25) is 0 Å². The molecule has 5 heteroatoms. The summed E-state index contributed by atoms with van der Waals surface area (Å²) >= 11 is 0. The van der Waals surface area contributed by atoms with E-state index in [4.69, 9.17) is 9.36 Å². The van der Waals surface area contributed by atoms with Gasteiger partial charge in [0.1, 0.15) is 5.28 Å². The molecule has 2 aromatic carbocycles. The first kappa shape index (κ1) is 19.1. The Morgan fingerprint density at radius 2 is 1.81 bits per heavy atom. The minimum atomic E-state index is -3.18. The Balaban J connectivity index is 1.90. The predicted octanol–water partition coefficient (Wildman–Crippen LogP) is 4.59. The second-order valence-corrected chi connectivity index (χ2v) is 9.14. The second-order valence-electron chi connectivity index (χ2n) is 6.49. The molecule has 1 saturated carbocycles. The molecule has 138 valence electrons. The lowest BCUT2D eigenvalue weighted by atomic mass is 10.2. The molecular formula is C21H26NO3P. The third-order valence-electron chi connectivity index (χ3n) is 4.97. The Hall–Kier alpha value is -1.71. The molecule has 0 N–H and O–H groups in total. The molecule has 3 atom stereocenters. The highest BCUT2D eigenvalue weighted by atomic mass is 31.2. The molecule has 0 aromatic heterocycles. The molecule has 1 fully saturated rings. The van der Waals surface area contributed by atoms with Crippen LogP contribution < -0.4 is 5.30 Å². The monoisotopic (exact) mass is 371 g/mol. The second kappa shape index (κ2) is 7.89. The molecule has 1 aliphatic carbocycles. The summed E-state index contributed by atoms with van der Waals surface area (Å²) in [5.74, 6) is 0.0564. The number of rotatable bonds is 9. The van der Waals surface area contributed by atoms with Crippen molar-refractivity contribution in [1.82, 2.24) is 5.06 Å². The van der Waals surface area contributed by atoms with Crippen molar-refractivity contribution in [3.05, 3.63) is 78.9 Å². The summed E-state index contributed by atoms with van der Waals surface area (Å²) in [4.78, 5) is 6.03. The molecule has 1 aliphatic rings. The highest BCUT2D eigenvalue weighted by Crippen LogP contribution is 2.74. The van der Waals surface area contributed by atoms with Gasteiger partial charge < -0.3 is 4.52 Å². The molecule has 0 spiro atoms. The van der Waals surface area contributed by atoms with Crippen LogP contribution >= 0.6 is 7.37 Å². The fraction of sp³-hybridized carbons (Fsp3) is 0.333. The third-order valence-corrected chi connectivity index (χ3v) is 8.38. The van der Waals surface area contributed by atoms with E-state index in [2.05, 4.69) is 6.58 Å². The Bertz CT molecular complexity index is 780. The van der Waals surface area contributed by atoms with Crippen LogP contribution in [0, 0.1) is 5.92 Å². The maximum Gasteiger partial charge on any atom is 0.254 e. The molecule has 26 heavy (non-hydrogen) atoms. The quantitative estimate of drug-likeness (QED) is 0.367. The number of hydroxylamine groups is 2. The Labute approximate surface area is 155 Å². The largest absolute Gasteiger partial charge is 0.324 e. The summed E-state index contributed by atoms with van der Waals surface area (Å²) in [5, 5.41) is 1.76. The molecule has 0 amide bonds. The van der Waals surface area contributed by atoms with Crippen molar-refractivity contribution in [2.24, 2.45) is 5.92 Å². The number of nitrogens with zero attached hydrogens (tertiary/aromatic N) is 1. The molecule has 0 radical (unpaired) electrons. The van der Waals surface area contributed by atoms with Crippen LogP contribution in [0.15, 0.2) is 73.3 Å². The van der Waals surface area contributed by atoms with Gasteiger partial charge in [-0.25, -0.2) is 0 Å². The van der Waals surface area contributed by atoms with Crippen LogP contribution in [-0.4, -0.2) is 24.0 Å². The summed E-state index contributed by atoms with van der Waals surface area (Å²) in [5.41, 5.74) is 1.07. The summed E-state index contributed by atoms with van der Waals surface area (Å²) in [7, 11) is -1.34. The molecule has 0 aliphatic heterocycles. The SMILES string of the molecule is C=CC1CC1(N(C)OCc1ccccc1)P(=O)(OCC)c1ccccc1. The molecule has 4 nitrogen and oxygen atoms in total. The minimum absolute atomic E-state index is 0.0564. The molecule has 3 unspecified atom stereocenters. The number of hydrogen-bond acceptors (Lipinski definition) is 4. The summed E-state index contributed by atoms with van der Waals surface area (Å²) < 4.78 is 20.1. The topological polar surface area (TPSA) is 38.8 Å². The average molecular weight is 371 g/mol. The lowest BCUT2D eigenvalue weighted by Crippen LogP contribution is -2.39. The van der Waals surface area contributed by atoms with Crippen LogP contribution in [0.25, 0.3) is 0 Å². The molecule has 2 aromatic rings. The van der Waals surface area contributed by atoms with Gasteiger partial charge in [0.15, 0.2) is 0 Å². The van der Waals surface area contributed by atoms with E-state index >= 15 is 0 Å². The smallest absolute Gasteiger partial charge is 0.254 e. The summed E-state index contributed by atoms with van der Waals surface area (Å²) in [6.07, 6.45) is 2.56. The lowest BCUT2D eigenvalue weighted by molar-refractivity contribution is -0.172. The van der Waals surface area contributed by atoms with Gasteiger partial charge in [-0.05, 0) is 31.0 Å². The molecular weight excluding hydrogens is 345 g/mol. The van der Waals surface area contributed by atoms with Crippen molar-refractivity contribution < 1.29 is 13.9 Å². The summed E-state index contributed by atoms with van der Waals surface area (Å²) in [6.45, 7) is 6.60. The zero-order chi connectivity index (χ0) is 18.6. The zero-order valence-corrected chi connectivity index (χ0v) is 16.3. The van der Waals surface area contributed by atoms with Crippen LogP contribution in [0.5, 0.6) is 0 Å². The average Bonchev–Trinajstić information content (AvgIpc) is 3.44. The van der Waals surface area contributed by atoms with Crippen molar-refractivity contribution in [3.63, 3.8) is 0 Å². The van der Waals surface area contributed by atoms with Crippen molar-refractivity contribution >= 4 is 12.7 Å². The lowest BCUT2D eigenvalue weighted by Gasteiger charge is -2.35. The standard InChI is InChI=1S/C21H26NO3P/c1-4-19-16-21(19,22(3)24-17-18-12-8-6-9-13-18)26(23,25-5-2)20-14-10-7-11-15-20/h4,6-15,19H,1,5,16-17H2,2-3H3. The van der Waals surface area contributed by atoms with Crippen LogP contribution in [0.4, 0.5) is 0 Å². The van der Waals surface area contributed by atoms with Gasteiger partial charge in [-0.3, -0.25) is 9.40 Å². The summed E-state index contributed by atoms with van der Waals surface area (Å²) in [6, 6.07) is 19.4. The van der Waals surface area contributed by atoms with Crippen molar-refractivity contribution in [3.8, 4) is 0 Å². The zero-order valence-electron chi connectivity index (χ0n) is 15.4. The van der Waals surface area contributed by atoms with E-state index in [9.17, 15) is 4.57 Å². The van der Waals surface area contributed by atoms with E-state index in [0.717, 1.165) is 10.9 Å². The molecule has 0 bridgehead atoms. The number of hydrogen-bond donors (Lipinski definition) is 0. The molecule has 3 rings (SSSR count). The first-order valence-corrected chi connectivity index (χ1v) is 10.5. The Kier molecular flexibility index (Phi) is 5.79. The van der Waals surface area contributed by atoms with E-state index in [1.54, 1.807) is 5.06 Å². The van der Waals surface area contributed by atoms with Gasteiger partial charge in [0.25, 0.3) is 7.37 Å². The maximum atomic E-state index is 14.1. The van der Waals surface area contributed by atoms with E-state index in [0.29, 0.717) is 19.6 Å². The van der Waals surface area contributed by atoms with Crippen LogP contribution in [0.3, 0.4) is 0 Å². The Morgan fingerprint density at radius 1 is 1.19 bits per heavy atom. The highest BCUT2D eigenvalue weighted by Gasteiger charge is 2.69. The minimum Gasteiger partial charge on any atom is -0.324 e. The highest BCUT2D eigenvalue weighted by molar-refractivity contribution is 7.68. The first-order valence-electron chi connectivity index (χ1n) is 8.92. The van der Waals surface area contributed by atoms with Crippen LogP contribution in [0.2, 0.25) is 0 Å². The Morgan fingerprint density at radius 3 is 2.35 bits per heavy atom. The fourth-order valence-electron chi connectivity index (χ4n) is 3.50. The van der Waals surface area contributed by atoms with Crippen molar-refractivity contribution in [2.45, 2.75) is 25.2 Å². The van der Waals surface area contributed by atoms with Crippen LogP contribution in [0.1, 0.15) is 18.9 Å². The van der Waals surface area contributed by atoms with E-state index < -0.39 is 12.6 Å². The van der Waals surface area contributed by atoms with E-state index in [-0.39, 0.29) is 5.92 Å². The van der Waals surface area contributed by atoms with Gasteiger partial charge in [0, 0.05) is 18.3 Å². The number of benzene rings is 2. The molecule has 0 saturated heterocycles. The van der Waals surface area contributed by atoms with Crippen LogP contribution in [-0.2, 0) is 20.5 Å². The van der Waals surface area contributed by atoms with Gasteiger partial charge in [-0.15, -0.1) is 6.58 Å². The van der Waals surface area contributed by atoms with E-state index in [1.165, 1.54) is 0 Å². The first-order chi connectivity index (χ1) is 12.6. The van der Waals surface area contributed by atoms with Gasteiger partial charge >= 0.3 is 0 Å². The predicted molar refractivity (Wildman–Crippen MR) is 105 cm³/mol. The van der Waals surface area contributed by atoms with Gasteiger partial charge in [0.05, 0.1) is 13.2 Å². The van der Waals surface area contributed by atoms with E-state index in [1.807, 2.05) is 80.7 Å². The van der Waals surface area contributed by atoms with Crippen molar-refractivity contribution in [2.75, 3.05) is 13.7 Å². The fourth-order valence-corrected chi connectivity index (χ4v) is 6.65. The third kappa shape index (κ3) is 3.30. The maximum absolute atomic E-state index is 14.1. The van der Waals surface area contributed by atoms with Gasteiger partial charge in [-0.2, -0.15) is 5.06 Å².